The molecule has 4 N–H and O–H groups in total. The summed E-state index contributed by atoms with van der Waals surface area (Å²) in [5.41, 5.74) is 7.79. The van der Waals surface area contributed by atoms with Gasteiger partial charge < -0.3 is 33.4 Å². The summed E-state index contributed by atoms with van der Waals surface area (Å²) in [6, 6.07) is 7.83. The van der Waals surface area contributed by atoms with Crippen LogP contribution in [0.3, 0.4) is 0 Å². The third-order valence-corrected chi connectivity index (χ3v) is 6.02. The van der Waals surface area contributed by atoms with Crippen molar-refractivity contribution >= 4 is 23.3 Å². The lowest BCUT2D eigenvalue weighted by Crippen LogP contribution is -3.00. The second-order valence-corrected chi connectivity index (χ2v) is 7.75. The number of benzene rings is 1. The number of nitrogens with zero attached hydrogens (tertiary/aromatic N) is 4. The molecular weight excluding hydrogens is 394 g/mol. The van der Waals surface area contributed by atoms with E-state index < -0.39 is 0 Å². The van der Waals surface area contributed by atoms with Crippen LogP contribution in [0.2, 0.25) is 0 Å². The van der Waals surface area contributed by atoms with Gasteiger partial charge in [0.2, 0.25) is 0 Å². The zero-order valence-electron chi connectivity index (χ0n) is 16.7. The smallest absolute Gasteiger partial charge is 0.327 e. The molecule has 1 atom stereocenters. The Balaban J connectivity index is 0.00000150. The van der Waals surface area contributed by atoms with Crippen molar-refractivity contribution < 1.29 is 27.5 Å². The molecule has 1 aromatic carbocycles. The Kier molecular flexibility index (Phi) is 8.13. The standard InChI is InChI=1S/C20H29N5O2.ClH.H2O/c21-16-5-7-17(8-6-16)23-14-12-22(13-15-23)9-1-2-10-25-19(26)18-4-3-11-24(18)20(25)27;;/h5-8,18H,1-4,9-15,21H2;1H;1H2/p-1. The van der Waals surface area contributed by atoms with Crippen molar-refractivity contribution in [2.75, 3.05) is 56.4 Å². The summed E-state index contributed by atoms with van der Waals surface area (Å²) in [5, 5.41) is 0. The van der Waals surface area contributed by atoms with Gasteiger partial charge in [-0.15, -0.1) is 0 Å². The van der Waals surface area contributed by atoms with Crippen LogP contribution < -0.4 is 23.0 Å². The van der Waals surface area contributed by atoms with E-state index in [-0.39, 0.29) is 35.9 Å². The van der Waals surface area contributed by atoms with E-state index in [0.29, 0.717) is 6.54 Å². The molecule has 162 valence electrons. The van der Waals surface area contributed by atoms with E-state index in [1.165, 1.54) is 10.6 Å². The summed E-state index contributed by atoms with van der Waals surface area (Å²) < 4.78 is 0. The number of imide groups is 1. The molecule has 3 saturated heterocycles. The Labute approximate surface area is 178 Å². The number of carbonyl (C=O) groups excluding carboxylic acids is 2. The normalized spacial score (nSPS) is 21.8. The van der Waals surface area contributed by atoms with Crippen LogP contribution in [0.15, 0.2) is 24.3 Å². The Morgan fingerprint density at radius 2 is 1.59 bits per heavy atom. The number of piperazine rings is 1. The number of anilines is 2. The first-order chi connectivity index (χ1) is 13.1. The second-order valence-electron chi connectivity index (χ2n) is 7.75. The Morgan fingerprint density at radius 3 is 2.24 bits per heavy atom. The van der Waals surface area contributed by atoms with Gasteiger partial charge in [0.15, 0.2) is 0 Å². The molecular formula is C20H31ClN5O3-. The molecule has 3 amide bonds. The minimum Gasteiger partial charge on any atom is -1.00 e. The van der Waals surface area contributed by atoms with E-state index >= 15 is 0 Å². The molecule has 0 bridgehead atoms. The molecule has 29 heavy (non-hydrogen) atoms. The Morgan fingerprint density at radius 1 is 0.931 bits per heavy atom. The van der Waals surface area contributed by atoms with Crippen LogP contribution in [-0.4, -0.2) is 84.0 Å². The molecule has 0 spiro atoms. The molecule has 1 aromatic rings. The third-order valence-electron chi connectivity index (χ3n) is 6.02. The molecule has 0 aromatic heterocycles. The fourth-order valence-electron chi connectivity index (χ4n) is 4.41. The Hall–Kier alpha value is -2.03. The minimum atomic E-state index is -0.168. The number of carbonyl (C=O) groups is 2. The van der Waals surface area contributed by atoms with E-state index in [1.807, 2.05) is 12.1 Å². The lowest BCUT2D eigenvalue weighted by Gasteiger charge is -2.36. The maximum Gasteiger partial charge on any atom is 0.327 e. The number of amides is 3. The van der Waals surface area contributed by atoms with Gasteiger partial charge in [-0.3, -0.25) is 14.6 Å². The molecule has 3 heterocycles. The number of hydrogen-bond donors (Lipinski definition) is 1. The van der Waals surface area contributed by atoms with Crippen LogP contribution in [0.25, 0.3) is 0 Å². The van der Waals surface area contributed by atoms with Gasteiger partial charge >= 0.3 is 6.03 Å². The highest BCUT2D eigenvalue weighted by molar-refractivity contribution is 6.04. The van der Waals surface area contributed by atoms with E-state index in [9.17, 15) is 9.59 Å². The van der Waals surface area contributed by atoms with Crippen molar-refractivity contribution in [3.63, 3.8) is 0 Å². The molecule has 9 heteroatoms. The molecule has 8 nitrogen and oxygen atoms in total. The fourth-order valence-corrected chi connectivity index (χ4v) is 4.41. The summed E-state index contributed by atoms with van der Waals surface area (Å²) in [5.74, 6) is 0.0228. The summed E-state index contributed by atoms with van der Waals surface area (Å²) in [4.78, 5) is 32.7. The molecule has 3 fully saturated rings. The summed E-state index contributed by atoms with van der Waals surface area (Å²) >= 11 is 0. The largest absolute Gasteiger partial charge is 1.00 e. The van der Waals surface area contributed by atoms with Crippen LogP contribution in [0.4, 0.5) is 16.2 Å². The predicted octanol–water partition coefficient (Wildman–Crippen LogP) is -2.22. The van der Waals surface area contributed by atoms with E-state index in [2.05, 4.69) is 21.9 Å². The molecule has 4 rings (SSSR count). The van der Waals surface area contributed by atoms with Crippen molar-refractivity contribution in [3.05, 3.63) is 24.3 Å². The third kappa shape index (κ3) is 4.94. The van der Waals surface area contributed by atoms with Crippen molar-refractivity contribution in [1.29, 1.82) is 0 Å². The average Bonchev–Trinajstić information content (AvgIpc) is 3.25. The quantitative estimate of drug-likeness (QED) is 0.316. The number of urea groups is 1. The summed E-state index contributed by atoms with van der Waals surface area (Å²) in [6.45, 7) is 6.45. The monoisotopic (exact) mass is 424 g/mol. The molecule has 0 aliphatic carbocycles. The zero-order chi connectivity index (χ0) is 18.8. The average molecular weight is 425 g/mol. The van der Waals surface area contributed by atoms with Crippen LogP contribution in [0.1, 0.15) is 25.7 Å². The van der Waals surface area contributed by atoms with Crippen LogP contribution in [0, 0.1) is 0 Å². The second kappa shape index (κ2) is 10.1. The number of nitrogens with two attached hydrogens (primary N) is 1. The van der Waals surface area contributed by atoms with Crippen molar-refractivity contribution in [3.8, 4) is 0 Å². The number of hydrogen-bond acceptors (Lipinski definition) is 5. The highest BCUT2D eigenvalue weighted by Crippen LogP contribution is 2.27. The van der Waals surface area contributed by atoms with Gasteiger partial charge in [0, 0.05) is 50.6 Å². The number of fused-ring (bicyclic) bond motifs is 1. The topological polar surface area (TPSA) is 105 Å². The molecule has 0 radical (unpaired) electrons. The maximum atomic E-state index is 12.3. The highest BCUT2D eigenvalue weighted by Gasteiger charge is 2.46. The van der Waals surface area contributed by atoms with Gasteiger partial charge in [-0.2, -0.15) is 0 Å². The van der Waals surface area contributed by atoms with Gasteiger partial charge in [0.25, 0.3) is 5.91 Å². The minimum absolute atomic E-state index is 0. The lowest BCUT2D eigenvalue weighted by molar-refractivity contribution is -0.128. The van der Waals surface area contributed by atoms with E-state index in [0.717, 1.165) is 70.6 Å². The number of unbranched alkanes of at least 4 members (excludes halogenated alkanes) is 1. The SMILES string of the molecule is Nc1ccc(N2CCN(CCCCN3C(=O)C4CCCN4C3=O)CC2)cc1.O.[Cl-]. The molecule has 0 saturated carbocycles. The predicted molar refractivity (Wildman–Crippen MR) is 109 cm³/mol. The number of nitrogen functional groups attached to an aromatic ring is 1. The van der Waals surface area contributed by atoms with Gasteiger partial charge in [0.05, 0.1) is 0 Å². The molecule has 1 unspecified atom stereocenters. The fraction of sp³-hybridized carbons (Fsp3) is 0.600. The molecule has 3 aliphatic rings. The molecule has 3 aliphatic heterocycles. The zero-order valence-corrected chi connectivity index (χ0v) is 17.5. The van der Waals surface area contributed by atoms with E-state index in [1.54, 1.807) is 4.90 Å². The first-order valence-electron chi connectivity index (χ1n) is 10.1. The van der Waals surface area contributed by atoms with Gasteiger partial charge in [-0.1, -0.05) is 0 Å². The van der Waals surface area contributed by atoms with Gasteiger partial charge in [-0.05, 0) is 56.5 Å². The van der Waals surface area contributed by atoms with Gasteiger partial charge in [-0.25, -0.2) is 4.79 Å². The van der Waals surface area contributed by atoms with Crippen molar-refractivity contribution in [2.45, 2.75) is 31.7 Å². The summed E-state index contributed by atoms with van der Waals surface area (Å²) in [7, 11) is 0. The van der Waals surface area contributed by atoms with E-state index in [4.69, 9.17) is 5.73 Å². The van der Waals surface area contributed by atoms with Crippen LogP contribution >= 0.6 is 0 Å². The Bertz CT molecular complexity index is 672. The van der Waals surface area contributed by atoms with Crippen LogP contribution in [-0.2, 0) is 4.79 Å². The number of halogens is 1. The highest BCUT2D eigenvalue weighted by atomic mass is 35.5. The first kappa shape index (κ1) is 23.3. The first-order valence-corrected chi connectivity index (χ1v) is 10.1. The number of rotatable bonds is 6. The summed E-state index contributed by atoms with van der Waals surface area (Å²) in [6.07, 6.45) is 3.69. The van der Waals surface area contributed by atoms with Crippen LogP contribution in [0.5, 0.6) is 0 Å². The van der Waals surface area contributed by atoms with Gasteiger partial charge in [0.1, 0.15) is 6.04 Å². The van der Waals surface area contributed by atoms with Crippen molar-refractivity contribution in [1.82, 2.24) is 14.7 Å². The van der Waals surface area contributed by atoms with Crippen molar-refractivity contribution in [2.24, 2.45) is 0 Å². The lowest BCUT2D eigenvalue weighted by atomic mass is 10.2. The maximum absolute atomic E-state index is 12.3.